The van der Waals surface area contributed by atoms with Crippen molar-refractivity contribution in [1.29, 1.82) is 0 Å². The van der Waals surface area contributed by atoms with Crippen LogP contribution in [0.25, 0.3) is 0 Å². The van der Waals surface area contributed by atoms with E-state index in [2.05, 4.69) is 0 Å². The van der Waals surface area contributed by atoms with E-state index in [1.165, 1.54) is 12.1 Å². The van der Waals surface area contributed by atoms with Crippen molar-refractivity contribution in [2.45, 2.75) is 13.5 Å². The quantitative estimate of drug-likeness (QED) is 0.853. The summed E-state index contributed by atoms with van der Waals surface area (Å²) in [4.78, 5) is 1.75. The third kappa shape index (κ3) is 2.84. The van der Waals surface area contributed by atoms with Crippen LogP contribution in [0.15, 0.2) is 42.5 Å². The Morgan fingerprint density at radius 2 is 1.68 bits per heavy atom. The highest BCUT2D eigenvalue weighted by molar-refractivity contribution is 5.53. The van der Waals surface area contributed by atoms with Gasteiger partial charge >= 0.3 is 0 Å². The topological polar surface area (TPSA) is 29.3 Å². The molecule has 0 heterocycles. The maximum Gasteiger partial charge on any atom is 0.146 e. The summed E-state index contributed by atoms with van der Waals surface area (Å²) in [5.74, 6) is -0.686. The standard InChI is InChI=1S/C15H16F2N2/c1-2-19(15-9-4-3-6-13(15)17)10-11-12(16)7-5-8-14(11)18/h3-9H,2,10,18H2,1H3. The van der Waals surface area contributed by atoms with Crippen molar-refractivity contribution in [2.75, 3.05) is 17.2 Å². The van der Waals surface area contributed by atoms with Crippen molar-refractivity contribution in [2.24, 2.45) is 0 Å². The Balaban J connectivity index is 2.32. The van der Waals surface area contributed by atoms with E-state index in [1.807, 2.05) is 6.92 Å². The number of hydrogen-bond donors (Lipinski definition) is 1. The minimum absolute atomic E-state index is 0.246. The number of nitrogens with zero attached hydrogens (tertiary/aromatic N) is 1. The molecule has 2 nitrogen and oxygen atoms in total. The van der Waals surface area contributed by atoms with Gasteiger partial charge in [0.1, 0.15) is 11.6 Å². The molecular weight excluding hydrogens is 246 g/mol. The minimum Gasteiger partial charge on any atom is -0.398 e. The molecule has 0 radical (unpaired) electrons. The third-order valence-electron chi connectivity index (χ3n) is 3.08. The Bertz CT molecular complexity index is 550. The smallest absolute Gasteiger partial charge is 0.146 e. The van der Waals surface area contributed by atoms with Crippen molar-refractivity contribution in [3.05, 3.63) is 59.7 Å². The first-order valence-electron chi connectivity index (χ1n) is 6.15. The molecule has 0 amide bonds. The summed E-state index contributed by atoms with van der Waals surface area (Å²) >= 11 is 0. The van der Waals surface area contributed by atoms with Crippen molar-refractivity contribution in [1.82, 2.24) is 0 Å². The van der Waals surface area contributed by atoms with Crippen molar-refractivity contribution < 1.29 is 8.78 Å². The highest BCUT2D eigenvalue weighted by Gasteiger charge is 2.14. The van der Waals surface area contributed by atoms with Crippen molar-refractivity contribution in [3.8, 4) is 0 Å². The Kier molecular flexibility index (Phi) is 4.00. The summed E-state index contributed by atoms with van der Waals surface area (Å²) in [5.41, 5.74) is 7.01. The number of halogens is 2. The van der Waals surface area contributed by atoms with E-state index < -0.39 is 0 Å². The Morgan fingerprint density at radius 3 is 2.32 bits per heavy atom. The molecule has 4 heteroatoms. The molecule has 2 rings (SSSR count). The predicted octanol–water partition coefficient (Wildman–Crippen LogP) is 3.57. The molecule has 100 valence electrons. The molecule has 0 bridgehead atoms. The summed E-state index contributed by atoms with van der Waals surface area (Å²) in [7, 11) is 0. The van der Waals surface area contributed by atoms with Crippen LogP contribution in [0.5, 0.6) is 0 Å². The number of nitrogens with two attached hydrogens (primary N) is 1. The van der Waals surface area contributed by atoms with Gasteiger partial charge in [-0.05, 0) is 31.2 Å². The molecule has 0 fully saturated rings. The molecular formula is C15H16F2N2. The van der Waals surface area contributed by atoms with Crippen LogP contribution >= 0.6 is 0 Å². The van der Waals surface area contributed by atoms with E-state index in [0.717, 1.165) is 0 Å². The highest BCUT2D eigenvalue weighted by atomic mass is 19.1. The lowest BCUT2D eigenvalue weighted by Crippen LogP contribution is -2.24. The first kappa shape index (κ1) is 13.3. The average Bonchev–Trinajstić information content (AvgIpc) is 2.40. The zero-order chi connectivity index (χ0) is 13.8. The molecule has 0 saturated heterocycles. The molecule has 0 saturated carbocycles. The second-order valence-electron chi connectivity index (χ2n) is 4.27. The summed E-state index contributed by atoms with van der Waals surface area (Å²) in [6.07, 6.45) is 0. The fourth-order valence-electron chi connectivity index (χ4n) is 2.01. The Morgan fingerprint density at radius 1 is 1.00 bits per heavy atom. The number of nitrogen functional groups attached to an aromatic ring is 1. The van der Waals surface area contributed by atoms with Gasteiger partial charge < -0.3 is 10.6 Å². The summed E-state index contributed by atoms with van der Waals surface area (Å²) in [6, 6.07) is 11.0. The lowest BCUT2D eigenvalue weighted by Gasteiger charge is -2.24. The van der Waals surface area contributed by atoms with E-state index in [0.29, 0.717) is 23.5 Å². The summed E-state index contributed by atoms with van der Waals surface area (Å²) < 4.78 is 27.5. The molecule has 2 N–H and O–H groups in total. The predicted molar refractivity (Wildman–Crippen MR) is 73.9 cm³/mol. The van der Waals surface area contributed by atoms with Crippen LogP contribution in [0.4, 0.5) is 20.2 Å². The van der Waals surface area contributed by atoms with Gasteiger partial charge in [0.25, 0.3) is 0 Å². The Labute approximate surface area is 111 Å². The van der Waals surface area contributed by atoms with E-state index in [-0.39, 0.29) is 18.2 Å². The number of hydrogen-bond acceptors (Lipinski definition) is 2. The van der Waals surface area contributed by atoms with Gasteiger partial charge in [0, 0.05) is 24.3 Å². The molecule has 0 atom stereocenters. The van der Waals surface area contributed by atoms with Crippen molar-refractivity contribution >= 4 is 11.4 Å². The van der Waals surface area contributed by atoms with Gasteiger partial charge in [-0.3, -0.25) is 0 Å². The van der Waals surface area contributed by atoms with Gasteiger partial charge in [-0.15, -0.1) is 0 Å². The molecule has 2 aromatic rings. The van der Waals surface area contributed by atoms with Crippen LogP contribution in [-0.4, -0.2) is 6.54 Å². The summed E-state index contributed by atoms with van der Waals surface area (Å²) in [6.45, 7) is 2.70. The molecule has 0 aliphatic heterocycles. The van der Waals surface area contributed by atoms with Gasteiger partial charge in [-0.2, -0.15) is 0 Å². The van der Waals surface area contributed by atoms with Gasteiger partial charge in [-0.25, -0.2) is 8.78 Å². The molecule has 2 aromatic carbocycles. The largest absolute Gasteiger partial charge is 0.398 e. The lowest BCUT2D eigenvalue weighted by molar-refractivity contribution is 0.597. The highest BCUT2D eigenvalue weighted by Crippen LogP contribution is 2.24. The van der Waals surface area contributed by atoms with Gasteiger partial charge in [0.2, 0.25) is 0 Å². The maximum atomic E-state index is 13.8. The SMILES string of the molecule is CCN(Cc1c(N)cccc1F)c1ccccc1F. The van der Waals surface area contributed by atoms with Gasteiger partial charge in [0.05, 0.1) is 5.69 Å². The first-order valence-corrected chi connectivity index (χ1v) is 6.15. The fourth-order valence-corrected chi connectivity index (χ4v) is 2.01. The van der Waals surface area contributed by atoms with Crippen LogP contribution in [-0.2, 0) is 6.54 Å². The van der Waals surface area contributed by atoms with Gasteiger partial charge in [-0.1, -0.05) is 18.2 Å². The zero-order valence-electron chi connectivity index (χ0n) is 10.7. The van der Waals surface area contributed by atoms with Crippen LogP contribution in [0.3, 0.4) is 0 Å². The monoisotopic (exact) mass is 262 g/mol. The second kappa shape index (κ2) is 5.69. The zero-order valence-corrected chi connectivity index (χ0v) is 10.7. The average molecular weight is 262 g/mol. The molecule has 19 heavy (non-hydrogen) atoms. The molecule has 0 spiro atoms. The van der Waals surface area contributed by atoms with E-state index in [1.54, 1.807) is 35.2 Å². The number of rotatable bonds is 4. The summed E-state index contributed by atoms with van der Waals surface area (Å²) in [5, 5.41) is 0. The molecule has 0 aromatic heterocycles. The van der Waals surface area contributed by atoms with E-state index in [9.17, 15) is 8.78 Å². The van der Waals surface area contributed by atoms with E-state index in [4.69, 9.17) is 5.73 Å². The van der Waals surface area contributed by atoms with Crippen LogP contribution in [0, 0.1) is 11.6 Å². The fraction of sp³-hybridized carbons (Fsp3) is 0.200. The lowest BCUT2D eigenvalue weighted by atomic mass is 10.1. The molecule has 0 aliphatic rings. The maximum absolute atomic E-state index is 13.8. The number of anilines is 2. The normalized spacial score (nSPS) is 10.5. The van der Waals surface area contributed by atoms with E-state index >= 15 is 0 Å². The number of benzene rings is 2. The minimum atomic E-state index is -0.366. The first-order chi connectivity index (χ1) is 9.13. The van der Waals surface area contributed by atoms with Crippen LogP contribution in [0.2, 0.25) is 0 Å². The van der Waals surface area contributed by atoms with Gasteiger partial charge in [0.15, 0.2) is 0 Å². The Hall–Kier alpha value is -2.10. The molecule has 0 aliphatic carbocycles. The molecule has 0 unspecified atom stereocenters. The second-order valence-corrected chi connectivity index (χ2v) is 4.27. The van der Waals surface area contributed by atoms with Crippen LogP contribution < -0.4 is 10.6 Å². The number of para-hydroxylation sites is 1. The van der Waals surface area contributed by atoms with Crippen LogP contribution in [0.1, 0.15) is 12.5 Å². The third-order valence-corrected chi connectivity index (χ3v) is 3.08. The van der Waals surface area contributed by atoms with Crippen molar-refractivity contribution in [3.63, 3.8) is 0 Å².